The van der Waals surface area contributed by atoms with Crippen molar-refractivity contribution in [3.05, 3.63) is 81.9 Å². The smallest absolute Gasteiger partial charge is 0.271 e. The number of nitrogens with zero attached hydrogens (tertiary/aromatic N) is 2. The maximum absolute atomic E-state index is 13.8. The second-order valence-electron chi connectivity index (χ2n) is 6.98. The predicted molar refractivity (Wildman–Crippen MR) is 117 cm³/mol. The second-order valence-corrected chi connectivity index (χ2v) is 7.42. The molecule has 2 amide bonds. The van der Waals surface area contributed by atoms with E-state index in [1.807, 2.05) is 31.2 Å². The minimum absolute atomic E-state index is 0.105. The van der Waals surface area contributed by atoms with Crippen LogP contribution in [0, 0.1) is 17.1 Å². The number of hydrogen-bond acceptors (Lipinski definition) is 6. The first-order chi connectivity index (χ1) is 15.4. The summed E-state index contributed by atoms with van der Waals surface area (Å²) in [5.74, 6) is -1.73. The van der Waals surface area contributed by atoms with E-state index in [0.29, 0.717) is 12.1 Å². The first-order valence-electron chi connectivity index (χ1n) is 9.94. The highest BCUT2D eigenvalue weighted by Crippen LogP contribution is 2.15. The molecule has 3 rings (SSSR count). The van der Waals surface area contributed by atoms with Crippen molar-refractivity contribution in [2.45, 2.75) is 19.4 Å². The summed E-state index contributed by atoms with van der Waals surface area (Å²) in [4.78, 5) is 24.6. The van der Waals surface area contributed by atoms with Crippen LogP contribution in [0.25, 0.3) is 0 Å². The fourth-order valence-electron chi connectivity index (χ4n) is 2.99. The average molecular weight is 457 g/mol. The molecule has 10 heteroatoms. The minimum atomic E-state index is -0.793. The molecule has 8 nitrogen and oxygen atoms in total. The summed E-state index contributed by atoms with van der Waals surface area (Å²) in [7, 11) is 0. The van der Waals surface area contributed by atoms with Crippen LogP contribution in [-0.4, -0.2) is 29.9 Å². The van der Waals surface area contributed by atoms with Gasteiger partial charge in [0, 0.05) is 17.8 Å². The molecule has 1 unspecified atom stereocenters. The first kappa shape index (κ1) is 23.1. The van der Waals surface area contributed by atoms with Gasteiger partial charge in [-0.2, -0.15) is 5.26 Å². The topological polar surface area (TPSA) is 109 Å². The van der Waals surface area contributed by atoms with E-state index in [0.717, 1.165) is 18.1 Å². The number of halogens is 2. The number of nitriles is 1. The average Bonchev–Trinajstić information content (AvgIpc) is 3.26. The molecular weight excluding hydrogens is 435 g/mol. The van der Waals surface area contributed by atoms with Gasteiger partial charge in [0.1, 0.15) is 17.6 Å². The highest BCUT2D eigenvalue weighted by molar-refractivity contribution is 6.30. The van der Waals surface area contributed by atoms with Gasteiger partial charge in [0.15, 0.2) is 0 Å². The number of carbonyl (C=O) groups is 2. The third-order valence-electron chi connectivity index (χ3n) is 4.80. The molecule has 0 spiro atoms. The number of nitrogens with one attached hydrogen (secondary N) is 4. The lowest BCUT2D eigenvalue weighted by molar-refractivity contribution is -0.118. The number of aryl methyl sites for hydroxylation is 1. The van der Waals surface area contributed by atoms with Crippen LogP contribution >= 0.6 is 11.6 Å². The van der Waals surface area contributed by atoms with Crippen molar-refractivity contribution in [2.24, 2.45) is 0 Å². The third kappa shape index (κ3) is 5.75. The van der Waals surface area contributed by atoms with Gasteiger partial charge >= 0.3 is 0 Å². The summed E-state index contributed by atoms with van der Waals surface area (Å²) in [5, 5.41) is 16.5. The Balaban J connectivity index is 1.51. The van der Waals surface area contributed by atoms with Crippen molar-refractivity contribution in [1.82, 2.24) is 26.6 Å². The fourth-order valence-corrected chi connectivity index (χ4v) is 3.15. The highest BCUT2D eigenvalue weighted by Gasteiger charge is 2.21. The zero-order valence-electron chi connectivity index (χ0n) is 17.3. The van der Waals surface area contributed by atoms with Crippen molar-refractivity contribution in [3.63, 3.8) is 0 Å². The Hall–Kier alpha value is -3.61. The van der Waals surface area contributed by atoms with Crippen LogP contribution in [0.3, 0.4) is 0 Å². The Morgan fingerprint density at radius 2 is 1.97 bits per heavy atom. The monoisotopic (exact) mass is 456 g/mol. The molecule has 2 aromatic carbocycles. The van der Waals surface area contributed by atoms with Crippen LogP contribution in [0.4, 0.5) is 4.39 Å². The zero-order valence-corrected chi connectivity index (χ0v) is 18.0. The maximum atomic E-state index is 13.8. The quantitative estimate of drug-likeness (QED) is 0.485. The summed E-state index contributed by atoms with van der Waals surface area (Å²) in [6, 6.07) is 12.6. The molecular formula is C22H22ClFN6O2. The number of rotatable bonds is 8. The molecule has 166 valence electrons. The van der Waals surface area contributed by atoms with E-state index in [4.69, 9.17) is 11.6 Å². The summed E-state index contributed by atoms with van der Waals surface area (Å²) in [6.07, 6.45) is 2.40. The Morgan fingerprint density at radius 1 is 1.22 bits per heavy atom. The molecule has 0 bridgehead atoms. The van der Waals surface area contributed by atoms with Crippen LogP contribution in [0.15, 0.2) is 54.4 Å². The van der Waals surface area contributed by atoms with Gasteiger partial charge in [-0.05, 0) is 35.7 Å². The molecule has 0 aromatic heterocycles. The van der Waals surface area contributed by atoms with E-state index >= 15 is 0 Å². The van der Waals surface area contributed by atoms with E-state index in [1.54, 1.807) is 5.01 Å². The lowest BCUT2D eigenvalue weighted by Gasteiger charge is -2.15. The molecule has 1 aliphatic rings. The minimum Gasteiger partial charge on any atom is -0.350 e. The maximum Gasteiger partial charge on any atom is 0.271 e. The number of hydrazine groups is 2. The van der Waals surface area contributed by atoms with Gasteiger partial charge in [-0.25, -0.2) is 4.39 Å². The normalized spacial score (nSPS) is 13.6. The fraction of sp³-hybridized carbons (Fsp3) is 0.227. The molecule has 2 aromatic rings. The van der Waals surface area contributed by atoms with E-state index in [1.165, 1.54) is 18.3 Å². The van der Waals surface area contributed by atoms with Crippen molar-refractivity contribution in [2.75, 3.05) is 13.1 Å². The molecule has 32 heavy (non-hydrogen) atoms. The molecule has 1 atom stereocenters. The van der Waals surface area contributed by atoms with E-state index in [2.05, 4.69) is 27.7 Å². The highest BCUT2D eigenvalue weighted by atomic mass is 35.5. The van der Waals surface area contributed by atoms with Crippen molar-refractivity contribution in [3.8, 4) is 6.07 Å². The Labute approximate surface area is 190 Å². The summed E-state index contributed by atoms with van der Waals surface area (Å²) in [6.45, 7) is 2.52. The SMILES string of the molecule is CCc1ccc(C(C#N)NC(=O)C2=CN(CCNC(=O)c3ccc(Cl)cc3F)NN2)cc1. The predicted octanol–water partition coefficient (Wildman–Crippen LogP) is 2.32. The first-order valence-corrected chi connectivity index (χ1v) is 10.3. The molecule has 1 aliphatic heterocycles. The molecule has 0 radical (unpaired) electrons. The van der Waals surface area contributed by atoms with Gasteiger partial charge in [-0.1, -0.05) is 42.8 Å². The van der Waals surface area contributed by atoms with E-state index < -0.39 is 23.7 Å². The van der Waals surface area contributed by atoms with Gasteiger partial charge in [-0.3, -0.25) is 20.0 Å². The standard InChI is InChI=1S/C22H22ClFN6O2/c1-2-14-3-5-15(6-4-14)19(12-25)27-22(32)20-13-30(29-28-20)10-9-26-21(31)17-8-7-16(23)11-18(17)24/h3-8,11,13,19,28-29H,2,9-10H2,1H3,(H,26,31)(H,27,32). The van der Waals surface area contributed by atoms with Crippen molar-refractivity contribution < 1.29 is 14.0 Å². The Morgan fingerprint density at radius 3 is 2.62 bits per heavy atom. The van der Waals surface area contributed by atoms with E-state index in [9.17, 15) is 19.2 Å². The largest absolute Gasteiger partial charge is 0.350 e. The van der Waals surface area contributed by atoms with Crippen LogP contribution in [0.5, 0.6) is 0 Å². The number of amides is 2. The van der Waals surface area contributed by atoms with Gasteiger partial charge in [0.05, 0.1) is 18.2 Å². The summed E-state index contributed by atoms with van der Waals surface area (Å²) in [5.41, 5.74) is 7.43. The van der Waals surface area contributed by atoms with Crippen LogP contribution < -0.4 is 21.6 Å². The number of hydrogen-bond donors (Lipinski definition) is 4. The molecule has 4 N–H and O–H groups in total. The van der Waals surface area contributed by atoms with Crippen LogP contribution in [-0.2, 0) is 11.2 Å². The van der Waals surface area contributed by atoms with Gasteiger partial charge in [-0.15, -0.1) is 5.53 Å². The Bertz CT molecular complexity index is 1070. The van der Waals surface area contributed by atoms with Crippen molar-refractivity contribution in [1.29, 1.82) is 5.26 Å². The van der Waals surface area contributed by atoms with E-state index in [-0.39, 0.29) is 22.8 Å². The zero-order chi connectivity index (χ0) is 23.1. The number of benzene rings is 2. The molecule has 1 heterocycles. The van der Waals surface area contributed by atoms with Gasteiger partial charge in [0.2, 0.25) is 0 Å². The van der Waals surface area contributed by atoms with Crippen LogP contribution in [0.1, 0.15) is 34.5 Å². The summed E-state index contributed by atoms with van der Waals surface area (Å²) >= 11 is 5.69. The Kier molecular flexibility index (Phi) is 7.65. The van der Waals surface area contributed by atoms with Gasteiger partial charge in [0.25, 0.3) is 11.8 Å². The second kappa shape index (κ2) is 10.6. The lowest BCUT2D eigenvalue weighted by atomic mass is 10.0. The molecule has 0 saturated carbocycles. The molecule has 0 aliphatic carbocycles. The van der Waals surface area contributed by atoms with Gasteiger partial charge < -0.3 is 10.6 Å². The van der Waals surface area contributed by atoms with Crippen LogP contribution in [0.2, 0.25) is 5.02 Å². The number of carbonyl (C=O) groups excluding carboxylic acids is 2. The summed E-state index contributed by atoms with van der Waals surface area (Å²) < 4.78 is 13.8. The third-order valence-corrected chi connectivity index (χ3v) is 5.04. The molecule has 0 fully saturated rings. The van der Waals surface area contributed by atoms with Crippen molar-refractivity contribution >= 4 is 23.4 Å². The lowest BCUT2D eigenvalue weighted by Crippen LogP contribution is -2.42. The molecule has 0 saturated heterocycles.